The number of nitrogens with zero attached hydrogens (tertiary/aromatic N) is 4. The number of urea groups is 1. The van der Waals surface area contributed by atoms with Crippen molar-refractivity contribution in [2.45, 2.75) is 20.8 Å². The van der Waals surface area contributed by atoms with Gasteiger partial charge in [0.25, 0.3) is 0 Å². The summed E-state index contributed by atoms with van der Waals surface area (Å²) in [6, 6.07) is 3.98. The van der Waals surface area contributed by atoms with Crippen molar-refractivity contribution in [3.05, 3.63) is 59.7 Å². The summed E-state index contributed by atoms with van der Waals surface area (Å²) < 4.78 is 15.3. The summed E-state index contributed by atoms with van der Waals surface area (Å²) in [5.41, 5.74) is 3.14. The van der Waals surface area contributed by atoms with Crippen molar-refractivity contribution in [2.24, 2.45) is 0 Å². The number of amides is 2. The normalized spacial score (nSPS) is 10.6. The maximum Gasteiger partial charge on any atom is 0.323 e. The number of rotatable bonds is 3. The largest absolute Gasteiger partial charge is 0.323 e. The highest BCUT2D eigenvalue weighted by Crippen LogP contribution is 2.15. The standard InChI is InChI=1S/C17H17FN6O/c1-10-4-5-13(6-15(10)18)22-17(25)23-14-7-19-16(20-8-14)24-9-21-11(2)12(24)3/h4-9H,1-3H3,(H2,22,23,25). The fourth-order valence-corrected chi connectivity index (χ4v) is 2.17. The second-order valence-corrected chi connectivity index (χ2v) is 5.60. The number of aromatic nitrogens is 4. The molecule has 7 nitrogen and oxygen atoms in total. The van der Waals surface area contributed by atoms with Crippen LogP contribution in [0.2, 0.25) is 0 Å². The van der Waals surface area contributed by atoms with Crippen LogP contribution in [0.1, 0.15) is 17.0 Å². The number of hydrogen-bond donors (Lipinski definition) is 2. The number of imidazole rings is 1. The van der Waals surface area contributed by atoms with Crippen molar-refractivity contribution in [2.75, 3.05) is 10.6 Å². The summed E-state index contributed by atoms with van der Waals surface area (Å²) in [5, 5.41) is 5.16. The van der Waals surface area contributed by atoms with Gasteiger partial charge in [-0.3, -0.25) is 4.57 Å². The Labute approximate surface area is 144 Å². The van der Waals surface area contributed by atoms with Gasteiger partial charge in [0, 0.05) is 11.4 Å². The number of hydrogen-bond acceptors (Lipinski definition) is 4. The Hall–Kier alpha value is -3.29. The molecule has 0 aliphatic heterocycles. The Morgan fingerprint density at radius 3 is 2.32 bits per heavy atom. The van der Waals surface area contributed by atoms with E-state index in [0.717, 1.165) is 11.4 Å². The van der Waals surface area contributed by atoms with Crippen molar-refractivity contribution >= 4 is 17.4 Å². The Kier molecular flexibility index (Phi) is 4.42. The Bertz CT molecular complexity index is 919. The van der Waals surface area contributed by atoms with Gasteiger partial charge in [-0.25, -0.2) is 24.1 Å². The summed E-state index contributed by atoms with van der Waals surface area (Å²) in [6.07, 6.45) is 4.63. The smallest absolute Gasteiger partial charge is 0.308 e. The molecule has 2 aromatic heterocycles. The monoisotopic (exact) mass is 340 g/mol. The van der Waals surface area contributed by atoms with Crippen LogP contribution in [-0.4, -0.2) is 25.6 Å². The van der Waals surface area contributed by atoms with E-state index in [1.54, 1.807) is 30.0 Å². The predicted molar refractivity (Wildman–Crippen MR) is 92.4 cm³/mol. The van der Waals surface area contributed by atoms with Gasteiger partial charge in [0.1, 0.15) is 12.1 Å². The van der Waals surface area contributed by atoms with Crippen molar-refractivity contribution < 1.29 is 9.18 Å². The van der Waals surface area contributed by atoms with Crippen LogP contribution < -0.4 is 10.6 Å². The summed E-state index contributed by atoms with van der Waals surface area (Å²) in [6.45, 7) is 5.48. The first-order valence-electron chi connectivity index (χ1n) is 7.61. The molecule has 2 heterocycles. The van der Waals surface area contributed by atoms with Gasteiger partial charge in [-0.1, -0.05) is 6.07 Å². The lowest BCUT2D eigenvalue weighted by Crippen LogP contribution is -2.20. The average Bonchev–Trinajstić information content (AvgIpc) is 2.91. The molecule has 0 spiro atoms. The van der Waals surface area contributed by atoms with E-state index < -0.39 is 6.03 Å². The van der Waals surface area contributed by atoms with Gasteiger partial charge >= 0.3 is 6.03 Å². The molecular weight excluding hydrogens is 323 g/mol. The fraction of sp³-hybridized carbons (Fsp3) is 0.176. The van der Waals surface area contributed by atoms with Crippen LogP contribution in [0.25, 0.3) is 5.95 Å². The molecule has 0 saturated heterocycles. The Balaban J connectivity index is 1.67. The minimum absolute atomic E-state index is 0.364. The molecule has 0 radical (unpaired) electrons. The predicted octanol–water partition coefficient (Wildman–Crippen LogP) is 3.37. The minimum Gasteiger partial charge on any atom is -0.308 e. The molecule has 3 aromatic rings. The quantitative estimate of drug-likeness (QED) is 0.765. The maximum atomic E-state index is 13.5. The van der Waals surface area contributed by atoms with Crippen LogP contribution in [0, 0.1) is 26.6 Å². The molecule has 0 aliphatic rings. The summed E-state index contributed by atoms with van der Waals surface area (Å²) in [4.78, 5) is 24.6. The lowest BCUT2D eigenvalue weighted by atomic mass is 10.2. The van der Waals surface area contributed by atoms with Crippen molar-refractivity contribution in [3.63, 3.8) is 0 Å². The molecule has 8 heteroatoms. The van der Waals surface area contributed by atoms with Crippen molar-refractivity contribution in [1.29, 1.82) is 0 Å². The Morgan fingerprint density at radius 2 is 1.72 bits per heavy atom. The Morgan fingerprint density at radius 1 is 1.04 bits per heavy atom. The number of anilines is 2. The molecule has 0 unspecified atom stereocenters. The molecule has 0 atom stereocenters. The van der Waals surface area contributed by atoms with E-state index in [2.05, 4.69) is 25.6 Å². The van der Waals surface area contributed by atoms with E-state index in [-0.39, 0.29) is 5.82 Å². The third-order valence-corrected chi connectivity index (χ3v) is 3.79. The van der Waals surface area contributed by atoms with Gasteiger partial charge in [0.15, 0.2) is 0 Å². The third kappa shape index (κ3) is 3.63. The zero-order valence-corrected chi connectivity index (χ0v) is 14.0. The van der Waals surface area contributed by atoms with E-state index in [1.165, 1.54) is 18.5 Å². The van der Waals surface area contributed by atoms with Gasteiger partial charge in [-0.05, 0) is 38.5 Å². The highest BCUT2D eigenvalue weighted by atomic mass is 19.1. The van der Waals surface area contributed by atoms with Crippen LogP contribution >= 0.6 is 0 Å². The molecule has 0 aliphatic carbocycles. The lowest BCUT2D eigenvalue weighted by molar-refractivity contribution is 0.262. The summed E-state index contributed by atoms with van der Waals surface area (Å²) in [5.74, 6) is 0.0844. The maximum absolute atomic E-state index is 13.5. The number of aryl methyl sites for hydroxylation is 2. The number of carbonyl (C=O) groups excluding carboxylic acids is 1. The highest BCUT2D eigenvalue weighted by molar-refractivity contribution is 5.99. The summed E-state index contributed by atoms with van der Waals surface area (Å²) >= 11 is 0. The number of nitrogens with one attached hydrogen (secondary N) is 2. The van der Waals surface area contributed by atoms with Gasteiger partial charge in [-0.15, -0.1) is 0 Å². The number of carbonyl (C=O) groups is 1. The molecule has 2 amide bonds. The molecule has 1 aromatic carbocycles. The zero-order valence-electron chi connectivity index (χ0n) is 14.0. The molecule has 0 saturated carbocycles. The zero-order chi connectivity index (χ0) is 18.0. The van der Waals surface area contributed by atoms with Crippen molar-refractivity contribution in [1.82, 2.24) is 19.5 Å². The van der Waals surface area contributed by atoms with Gasteiger partial charge in [-0.2, -0.15) is 0 Å². The second-order valence-electron chi connectivity index (χ2n) is 5.60. The molecule has 3 rings (SSSR count). The average molecular weight is 340 g/mol. The van der Waals surface area contributed by atoms with E-state index in [4.69, 9.17) is 0 Å². The topological polar surface area (TPSA) is 84.7 Å². The van der Waals surface area contributed by atoms with Gasteiger partial charge in [0.05, 0.1) is 23.8 Å². The first-order valence-corrected chi connectivity index (χ1v) is 7.61. The van der Waals surface area contributed by atoms with Gasteiger partial charge < -0.3 is 10.6 Å². The minimum atomic E-state index is -0.505. The fourth-order valence-electron chi connectivity index (χ4n) is 2.17. The van der Waals surface area contributed by atoms with Crippen LogP contribution in [0.3, 0.4) is 0 Å². The molecule has 128 valence electrons. The third-order valence-electron chi connectivity index (χ3n) is 3.79. The number of benzene rings is 1. The first-order chi connectivity index (χ1) is 11.9. The van der Waals surface area contributed by atoms with Crippen LogP contribution in [-0.2, 0) is 0 Å². The van der Waals surface area contributed by atoms with E-state index in [0.29, 0.717) is 22.9 Å². The SMILES string of the molecule is Cc1ccc(NC(=O)Nc2cnc(-n3cnc(C)c3C)nc2)cc1F. The second kappa shape index (κ2) is 6.68. The van der Waals surface area contributed by atoms with Crippen LogP contribution in [0.5, 0.6) is 0 Å². The lowest BCUT2D eigenvalue weighted by Gasteiger charge is -2.09. The van der Waals surface area contributed by atoms with E-state index in [1.807, 2.05) is 13.8 Å². The van der Waals surface area contributed by atoms with Crippen molar-refractivity contribution in [3.8, 4) is 5.95 Å². The van der Waals surface area contributed by atoms with E-state index in [9.17, 15) is 9.18 Å². The first kappa shape index (κ1) is 16.6. The van der Waals surface area contributed by atoms with Gasteiger partial charge in [0.2, 0.25) is 5.95 Å². The molecule has 25 heavy (non-hydrogen) atoms. The van der Waals surface area contributed by atoms with E-state index >= 15 is 0 Å². The highest BCUT2D eigenvalue weighted by Gasteiger charge is 2.09. The molecular formula is C17H17FN6O. The molecule has 0 fully saturated rings. The van der Waals surface area contributed by atoms with Crippen LogP contribution in [0.15, 0.2) is 36.9 Å². The summed E-state index contributed by atoms with van der Waals surface area (Å²) in [7, 11) is 0. The molecule has 2 N–H and O–H groups in total. The van der Waals surface area contributed by atoms with Crippen LogP contribution in [0.4, 0.5) is 20.6 Å². The number of halogens is 1. The molecule has 0 bridgehead atoms.